The van der Waals surface area contributed by atoms with Crippen molar-refractivity contribution in [2.45, 2.75) is 45.8 Å². The molecule has 0 bridgehead atoms. The molecule has 0 radical (unpaired) electrons. The average molecular weight is 258 g/mol. The molecular weight excluding hydrogens is 236 g/mol. The topological polar surface area (TPSA) is 38.0 Å². The fourth-order valence-electron chi connectivity index (χ4n) is 2.37. The van der Waals surface area contributed by atoms with Crippen LogP contribution in [-0.2, 0) is 12.8 Å². The number of nitrogens with zero attached hydrogens (tertiary/aromatic N) is 2. The van der Waals surface area contributed by atoms with Gasteiger partial charge in [-0.1, -0.05) is 38.1 Å². The molecule has 0 amide bonds. The number of aliphatic hydroxyl groups is 1. The van der Waals surface area contributed by atoms with E-state index >= 15 is 0 Å². The molecule has 0 saturated carbocycles. The monoisotopic (exact) mass is 258 g/mol. The maximum atomic E-state index is 10.5. The Kier molecular flexibility index (Phi) is 4.38. The first-order valence-electron chi connectivity index (χ1n) is 6.96. The number of hydrogen-bond acceptors (Lipinski definition) is 2. The van der Waals surface area contributed by atoms with Crippen molar-refractivity contribution in [2.24, 2.45) is 0 Å². The van der Waals surface area contributed by atoms with Crippen LogP contribution in [0.15, 0.2) is 36.7 Å². The van der Waals surface area contributed by atoms with Crippen molar-refractivity contribution in [1.82, 2.24) is 9.55 Å². The number of aryl methyl sites for hydroxylation is 2. The average Bonchev–Trinajstić information content (AvgIpc) is 2.94. The zero-order valence-corrected chi connectivity index (χ0v) is 11.9. The van der Waals surface area contributed by atoms with Gasteiger partial charge in [-0.25, -0.2) is 4.98 Å². The van der Waals surface area contributed by atoms with Crippen molar-refractivity contribution in [3.8, 4) is 0 Å². The van der Waals surface area contributed by atoms with Crippen molar-refractivity contribution in [1.29, 1.82) is 0 Å². The lowest BCUT2D eigenvalue weighted by molar-refractivity contribution is 0.120. The number of aliphatic hydroxyl groups excluding tert-OH is 1. The van der Waals surface area contributed by atoms with Crippen LogP contribution in [0, 0.1) is 0 Å². The first kappa shape index (κ1) is 13.8. The van der Waals surface area contributed by atoms with Gasteiger partial charge in [0.25, 0.3) is 0 Å². The van der Waals surface area contributed by atoms with Gasteiger partial charge in [0.1, 0.15) is 5.82 Å². The fourth-order valence-corrected chi connectivity index (χ4v) is 2.37. The van der Waals surface area contributed by atoms with Crippen molar-refractivity contribution < 1.29 is 5.11 Å². The van der Waals surface area contributed by atoms with Crippen LogP contribution in [0.5, 0.6) is 0 Å². The van der Waals surface area contributed by atoms with E-state index in [1.807, 2.05) is 25.3 Å². The van der Waals surface area contributed by atoms with E-state index in [0.29, 0.717) is 0 Å². The van der Waals surface area contributed by atoms with Crippen LogP contribution in [0.2, 0.25) is 0 Å². The number of benzene rings is 1. The van der Waals surface area contributed by atoms with Crippen LogP contribution in [0.3, 0.4) is 0 Å². The predicted molar refractivity (Wildman–Crippen MR) is 77.1 cm³/mol. The number of rotatable bonds is 5. The SMILES string of the molecule is CCc1ccc(C(O)C(C)n2ccnc2CC)cc1. The highest BCUT2D eigenvalue weighted by atomic mass is 16.3. The second-order valence-corrected chi connectivity index (χ2v) is 4.88. The number of hydrogen-bond donors (Lipinski definition) is 1. The summed E-state index contributed by atoms with van der Waals surface area (Å²) in [5.41, 5.74) is 2.25. The molecule has 0 spiro atoms. The summed E-state index contributed by atoms with van der Waals surface area (Å²) in [7, 11) is 0. The van der Waals surface area contributed by atoms with E-state index in [2.05, 4.69) is 35.5 Å². The van der Waals surface area contributed by atoms with Crippen LogP contribution >= 0.6 is 0 Å². The Labute approximate surface area is 114 Å². The Bertz CT molecular complexity index is 516. The van der Waals surface area contributed by atoms with Gasteiger partial charge in [-0.2, -0.15) is 0 Å². The Morgan fingerprint density at radius 2 is 1.84 bits per heavy atom. The molecule has 1 aromatic carbocycles. The second-order valence-electron chi connectivity index (χ2n) is 4.88. The summed E-state index contributed by atoms with van der Waals surface area (Å²) in [5.74, 6) is 1.01. The molecule has 19 heavy (non-hydrogen) atoms. The zero-order chi connectivity index (χ0) is 13.8. The van der Waals surface area contributed by atoms with E-state index in [1.54, 1.807) is 6.20 Å². The summed E-state index contributed by atoms with van der Waals surface area (Å²) in [6.07, 6.45) is 5.12. The molecule has 2 unspecified atom stereocenters. The third kappa shape index (κ3) is 2.87. The summed E-state index contributed by atoms with van der Waals surface area (Å²) in [4.78, 5) is 4.31. The first-order valence-corrected chi connectivity index (χ1v) is 6.96. The quantitative estimate of drug-likeness (QED) is 0.893. The summed E-state index contributed by atoms with van der Waals surface area (Å²) in [6, 6.07) is 8.19. The first-order chi connectivity index (χ1) is 9.17. The predicted octanol–water partition coefficient (Wildman–Crippen LogP) is 3.30. The van der Waals surface area contributed by atoms with Crippen LogP contribution in [0.1, 0.15) is 49.9 Å². The van der Waals surface area contributed by atoms with E-state index in [-0.39, 0.29) is 6.04 Å². The molecule has 3 nitrogen and oxygen atoms in total. The van der Waals surface area contributed by atoms with Crippen LogP contribution < -0.4 is 0 Å². The van der Waals surface area contributed by atoms with Crippen molar-refractivity contribution in [3.05, 3.63) is 53.6 Å². The highest BCUT2D eigenvalue weighted by Crippen LogP contribution is 2.27. The highest BCUT2D eigenvalue weighted by Gasteiger charge is 2.19. The highest BCUT2D eigenvalue weighted by molar-refractivity contribution is 5.25. The molecule has 0 fully saturated rings. The Morgan fingerprint density at radius 3 is 2.42 bits per heavy atom. The van der Waals surface area contributed by atoms with Crippen molar-refractivity contribution in [2.75, 3.05) is 0 Å². The minimum Gasteiger partial charge on any atom is -0.386 e. The second kappa shape index (κ2) is 6.02. The normalized spacial score (nSPS) is 14.3. The standard InChI is InChI=1S/C16H22N2O/c1-4-13-6-8-14(9-7-13)16(19)12(3)18-11-10-17-15(18)5-2/h6-12,16,19H,4-5H2,1-3H3. The molecule has 2 aromatic rings. The van der Waals surface area contributed by atoms with Gasteiger partial charge in [0, 0.05) is 18.8 Å². The van der Waals surface area contributed by atoms with Gasteiger partial charge < -0.3 is 9.67 Å². The Hall–Kier alpha value is -1.61. The molecular formula is C16H22N2O. The van der Waals surface area contributed by atoms with Crippen molar-refractivity contribution in [3.63, 3.8) is 0 Å². The van der Waals surface area contributed by atoms with E-state index in [0.717, 1.165) is 24.2 Å². The van der Waals surface area contributed by atoms with Crippen molar-refractivity contribution >= 4 is 0 Å². The van der Waals surface area contributed by atoms with Gasteiger partial charge in [-0.3, -0.25) is 0 Å². The Balaban J connectivity index is 2.20. The molecule has 0 aliphatic carbocycles. The molecule has 0 saturated heterocycles. The molecule has 1 aromatic heterocycles. The molecule has 0 aliphatic rings. The lowest BCUT2D eigenvalue weighted by atomic mass is 10.0. The maximum Gasteiger partial charge on any atom is 0.108 e. The summed E-state index contributed by atoms with van der Waals surface area (Å²) < 4.78 is 2.05. The number of aromatic nitrogens is 2. The summed E-state index contributed by atoms with van der Waals surface area (Å²) in [6.45, 7) is 6.24. The Morgan fingerprint density at radius 1 is 1.16 bits per heavy atom. The van der Waals surface area contributed by atoms with Crippen LogP contribution in [0.4, 0.5) is 0 Å². The van der Waals surface area contributed by atoms with E-state index < -0.39 is 6.10 Å². The van der Waals surface area contributed by atoms with Crippen LogP contribution in [0.25, 0.3) is 0 Å². The van der Waals surface area contributed by atoms with Gasteiger partial charge in [0.05, 0.1) is 12.1 Å². The minimum absolute atomic E-state index is 0.00933. The molecule has 0 aliphatic heterocycles. The van der Waals surface area contributed by atoms with Gasteiger partial charge in [0.15, 0.2) is 0 Å². The smallest absolute Gasteiger partial charge is 0.108 e. The minimum atomic E-state index is -0.509. The third-order valence-electron chi connectivity index (χ3n) is 3.69. The zero-order valence-electron chi connectivity index (χ0n) is 11.9. The van der Waals surface area contributed by atoms with Gasteiger partial charge in [-0.15, -0.1) is 0 Å². The molecule has 1 N–H and O–H groups in total. The van der Waals surface area contributed by atoms with E-state index in [4.69, 9.17) is 0 Å². The molecule has 1 heterocycles. The van der Waals surface area contributed by atoms with E-state index in [1.165, 1.54) is 5.56 Å². The lowest BCUT2D eigenvalue weighted by Crippen LogP contribution is -2.16. The molecule has 2 atom stereocenters. The van der Waals surface area contributed by atoms with Gasteiger partial charge in [0.2, 0.25) is 0 Å². The molecule has 2 rings (SSSR count). The molecule has 102 valence electrons. The summed E-state index contributed by atoms with van der Waals surface area (Å²) >= 11 is 0. The van der Waals surface area contributed by atoms with E-state index in [9.17, 15) is 5.11 Å². The maximum absolute atomic E-state index is 10.5. The van der Waals surface area contributed by atoms with Gasteiger partial charge in [-0.05, 0) is 24.5 Å². The fraction of sp³-hybridized carbons (Fsp3) is 0.438. The van der Waals surface area contributed by atoms with Gasteiger partial charge >= 0.3 is 0 Å². The lowest BCUT2D eigenvalue weighted by Gasteiger charge is -2.22. The molecule has 3 heteroatoms. The van der Waals surface area contributed by atoms with Crippen LogP contribution in [-0.4, -0.2) is 14.7 Å². The third-order valence-corrected chi connectivity index (χ3v) is 3.69. The summed E-state index contributed by atoms with van der Waals surface area (Å²) in [5, 5.41) is 10.5. The number of imidazole rings is 1. The largest absolute Gasteiger partial charge is 0.386 e.